The number of rotatable bonds is 2. The lowest BCUT2D eigenvalue weighted by Gasteiger charge is -2.25. The Labute approximate surface area is 112 Å². The standard InChI is InChI=1S/C14H19N3O2/c18-13-10-17(9-12(13)16-7-3-4-8-16)14(19)11-5-1-2-6-15-11/h1-2,5-6,12-13,18H,3-4,7-10H2/t12-,13-/m1/s1. The van der Waals surface area contributed by atoms with Crippen LogP contribution in [-0.4, -0.2) is 64.1 Å². The van der Waals surface area contributed by atoms with Crippen LogP contribution in [0.2, 0.25) is 0 Å². The van der Waals surface area contributed by atoms with Crippen molar-refractivity contribution >= 4 is 5.91 Å². The molecule has 0 aromatic carbocycles. The van der Waals surface area contributed by atoms with Gasteiger partial charge in [-0.1, -0.05) is 6.07 Å². The predicted octanol–water partition coefficient (Wildman–Crippen LogP) is 0.363. The van der Waals surface area contributed by atoms with Crippen molar-refractivity contribution in [2.24, 2.45) is 0 Å². The third-order valence-corrected chi connectivity index (χ3v) is 4.04. The largest absolute Gasteiger partial charge is 0.390 e. The van der Waals surface area contributed by atoms with Crippen molar-refractivity contribution in [3.63, 3.8) is 0 Å². The number of β-amino-alcohol motifs (C(OH)–C–C–N with tert-alkyl or cyclic N) is 1. The van der Waals surface area contributed by atoms with Crippen molar-refractivity contribution < 1.29 is 9.90 Å². The maximum atomic E-state index is 12.3. The predicted molar refractivity (Wildman–Crippen MR) is 70.7 cm³/mol. The highest BCUT2D eigenvalue weighted by Crippen LogP contribution is 2.22. The Kier molecular flexibility index (Phi) is 3.48. The van der Waals surface area contributed by atoms with Gasteiger partial charge in [-0.2, -0.15) is 0 Å². The second kappa shape index (κ2) is 5.27. The molecule has 2 fully saturated rings. The molecule has 5 nitrogen and oxygen atoms in total. The first kappa shape index (κ1) is 12.6. The molecule has 19 heavy (non-hydrogen) atoms. The smallest absolute Gasteiger partial charge is 0.272 e. The van der Waals surface area contributed by atoms with Crippen LogP contribution in [0.4, 0.5) is 0 Å². The fourth-order valence-corrected chi connectivity index (χ4v) is 3.02. The molecule has 0 bridgehead atoms. The summed E-state index contributed by atoms with van der Waals surface area (Å²) in [4.78, 5) is 20.4. The van der Waals surface area contributed by atoms with Crippen LogP contribution in [0.25, 0.3) is 0 Å². The quantitative estimate of drug-likeness (QED) is 0.835. The molecule has 5 heteroatoms. The van der Waals surface area contributed by atoms with E-state index in [0.29, 0.717) is 18.8 Å². The van der Waals surface area contributed by atoms with Gasteiger partial charge in [-0.25, -0.2) is 0 Å². The van der Waals surface area contributed by atoms with Gasteiger partial charge in [-0.15, -0.1) is 0 Å². The zero-order chi connectivity index (χ0) is 13.2. The first-order chi connectivity index (χ1) is 9.25. The second-order valence-corrected chi connectivity index (χ2v) is 5.30. The number of pyridine rings is 1. The van der Waals surface area contributed by atoms with E-state index in [1.807, 2.05) is 6.07 Å². The lowest BCUT2D eigenvalue weighted by atomic mass is 10.2. The van der Waals surface area contributed by atoms with E-state index in [1.54, 1.807) is 23.2 Å². The zero-order valence-corrected chi connectivity index (χ0v) is 10.9. The Morgan fingerprint density at radius 3 is 2.74 bits per heavy atom. The minimum absolute atomic E-state index is 0.0821. The van der Waals surface area contributed by atoms with Gasteiger partial charge in [0, 0.05) is 19.3 Å². The van der Waals surface area contributed by atoms with Gasteiger partial charge in [0.2, 0.25) is 0 Å². The van der Waals surface area contributed by atoms with Crippen LogP contribution in [0.1, 0.15) is 23.3 Å². The molecule has 3 rings (SSSR count). The number of aliphatic hydroxyl groups excluding tert-OH is 1. The first-order valence-corrected chi connectivity index (χ1v) is 6.88. The molecule has 0 unspecified atom stereocenters. The van der Waals surface area contributed by atoms with E-state index in [2.05, 4.69) is 9.88 Å². The number of hydrogen-bond acceptors (Lipinski definition) is 4. The molecule has 2 aliphatic heterocycles. The van der Waals surface area contributed by atoms with E-state index in [0.717, 1.165) is 13.1 Å². The summed E-state index contributed by atoms with van der Waals surface area (Å²) in [6.45, 7) is 3.09. The average molecular weight is 261 g/mol. The van der Waals surface area contributed by atoms with Gasteiger partial charge >= 0.3 is 0 Å². The lowest BCUT2D eigenvalue weighted by molar-refractivity contribution is 0.0757. The van der Waals surface area contributed by atoms with Gasteiger partial charge in [-0.05, 0) is 38.1 Å². The highest BCUT2D eigenvalue weighted by Gasteiger charge is 2.38. The summed E-state index contributed by atoms with van der Waals surface area (Å²) in [5.74, 6) is -0.0821. The molecule has 3 heterocycles. The zero-order valence-electron chi connectivity index (χ0n) is 10.9. The molecule has 1 amide bonds. The van der Waals surface area contributed by atoms with Crippen molar-refractivity contribution in [3.05, 3.63) is 30.1 Å². The van der Waals surface area contributed by atoms with E-state index in [4.69, 9.17) is 0 Å². The van der Waals surface area contributed by atoms with E-state index >= 15 is 0 Å². The molecule has 102 valence electrons. The summed E-state index contributed by atoms with van der Waals surface area (Å²) >= 11 is 0. The number of carbonyl (C=O) groups is 1. The number of hydrogen-bond donors (Lipinski definition) is 1. The highest BCUT2D eigenvalue weighted by atomic mass is 16.3. The lowest BCUT2D eigenvalue weighted by Crippen LogP contribution is -2.41. The number of aliphatic hydroxyl groups is 1. The van der Waals surface area contributed by atoms with Crippen LogP contribution in [0.3, 0.4) is 0 Å². The minimum Gasteiger partial charge on any atom is -0.390 e. The number of nitrogens with zero attached hydrogens (tertiary/aromatic N) is 3. The van der Waals surface area contributed by atoms with Crippen molar-refractivity contribution in [2.45, 2.75) is 25.0 Å². The molecule has 1 aromatic heterocycles. The number of amides is 1. The Morgan fingerprint density at radius 1 is 1.26 bits per heavy atom. The molecule has 2 saturated heterocycles. The SMILES string of the molecule is O=C(c1ccccn1)N1C[C@@H](O)[C@H](N2CCCC2)C1. The van der Waals surface area contributed by atoms with Gasteiger partial charge in [0.25, 0.3) is 5.91 Å². The fraction of sp³-hybridized carbons (Fsp3) is 0.571. The Morgan fingerprint density at radius 2 is 2.05 bits per heavy atom. The molecule has 0 radical (unpaired) electrons. The maximum Gasteiger partial charge on any atom is 0.272 e. The summed E-state index contributed by atoms with van der Waals surface area (Å²) in [5, 5.41) is 10.2. The van der Waals surface area contributed by atoms with E-state index < -0.39 is 6.10 Å². The Balaban J connectivity index is 1.69. The highest BCUT2D eigenvalue weighted by molar-refractivity contribution is 5.92. The van der Waals surface area contributed by atoms with E-state index in [9.17, 15) is 9.90 Å². The van der Waals surface area contributed by atoms with Crippen LogP contribution in [-0.2, 0) is 0 Å². The van der Waals surface area contributed by atoms with Crippen LogP contribution in [0.5, 0.6) is 0 Å². The third kappa shape index (κ3) is 2.48. The third-order valence-electron chi connectivity index (χ3n) is 4.04. The number of aromatic nitrogens is 1. The Bertz CT molecular complexity index is 445. The molecule has 0 aliphatic carbocycles. The van der Waals surface area contributed by atoms with Crippen LogP contribution in [0, 0.1) is 0 Å². The van der Waals surface area contributed by atoms with Crippen molar-refractivity contribution in [3.8, 4) is 0 Å². The summed E-state index contributed by atoms with van der Waals surface area (Å²) in [6.07, 6.45) is 3.57. The molecular weight excluding hydrogens is 242 g/mol. The van der Waals surface area contributed by atoms with E-state index in [-0.39, 0.29) is 11.9 Å². The molecule has 0 saturated carbocycles. The number of likely N-dealkylation sites (tertiary alicyclic amines) is 2. The maximum absolute atomic E-state index is 12.3. The van der Waals surface area contributed by atoms with Gasteiger partial charge in [0.1, 0.15) is 5.69 Å². The summed E-state index contributed by atoms with van der Waals surface area (Å²) in [6, 6.07) is 5.42. The van der Waals surface area contributed by atoms with Gasteiger partial charge < -0.3 is 10.0 Å². The summed E-state index contributed by atoms with van der Waals surface area (Å²) in [5.41, 5.74) is 0.455. The molecule has 1 aromatic rings. The number of carbonyl (C=O) groups excluding carboxylic acids is 1. The van der Waals surface area contributed by atoms with Gasteiger partial charge in [-0.3, -0.25) is 14.7 Å². The van der Waals surface area contributed by atoms with Crippen LogP contribution in [0.15, 0.2) is 24.4 Å². The van der Waals surface area contributed by atoms with Crippen molar-refractivity contribution in [2.75, 3.05) is 26.2 Å². The van der Waals surface area contributed by atoms with Gasteiger partial charge in [0.15, 0.2) is 0 Å². The van der Waals surface area contributed by atoms with E-state index in [1.165, 1.54) is 12.8 Å². The van der Waals surface area contributed by atoms with Crippen molar-refractivity contribution in [1.82, 2.24) is 14.8 Å². The minimum atomic E-state index is -0.439. The van der Waals surface area contributed by atoms with Crippen molar-refractivity contribution in [1.29, 1.82) is 0 Å². The van der Waals surface area contributed by atoms with Gasteiger partial charge in [0.05, 0.1) is 12.1 Å². The van der Waals surface area contributed by atoms with Crippen LogP contribution >= 0.6 is 0 Å². The van der Waals surface area contributed by atoms with Crippen LogP contribution < -0.4 is 0 Å². The first-order valence-electron chi connectivity index (χ1n) is 6.88. The molecular formula is C14H19N3O2. The molecule has 2 atom stereocenters. The fourth-order valence-electron chi connectivity index (χ4n) is 3.02. The molecule has 1 N–H and O–H groups in total. The normalized spacial score (nSPS) is 27.9. The monoisotopic (exact) mass is 261 g/mol. The topological polar surface area (TPSA) is 56.7 Å². The summed E-state index contributed by atoms with van der Waals surface area (Å²) in [7, 11) is 0. The second-order valence-electron chi connectivity index (χ2n) is 5.30. The molecule has 2 aliphatic rings. The average Bonchev–Trinajstić information content (AvgIpc) is 3.08. The Hall–Kier alpha value is -1.46. The molecule has 0 spiro atoms. The summed E-state index contributed by atoms with van der Waals surface area (Å²) < 4.78 is 0.